The standard InChI is InChI=1S/C58H92O20/c1-14-28(3)53(63)72-30(5)36-19-21-58(65)37-17-16-34-22-35(18-20-56(34,9)38(37)23-43(57(36,58)10)75-54(64)29(4)15-2)73-44-24-39(66-11)50(31(6)69-44)76-45-25-40(67-12)51(32(7)70-45)77-46-26-41(68-13)52(33(8)71-46)78-55-49(62)48(61)47(60)42(27-59)74-55/h14-16,30-33,35-52,55,59-62,65H,17-27H2,1-13H3/b28-14+,29-15+/t30?,31-,32-,33-,35+,36-,37-,38+,39+,40+,41-,42-,43-,44+,45+,46+,47-,48+,49-,50+,51+,52-,55+,56+,57+,58+/m1/s1. The minimum atomic E-state index is -1.59. The van der Waals surface area contributed by atoms with Crippen molar-refractivity contribution >= 4 is 11.9 Å². The third-order valence-electron chi connectivity index (χ3n) is 19.9. The van der Waals surface area contributed by atoms with Crippen LogP contribution >= 0.6 is 0 Å². The van der Waals surface area contributed by atoms with Crippen LogP contribution in [0.25, 0.3) is 0 Å². The second-order valence-corrected chi connectivity index (χ2v) is 24.0. The summed E-state index contributed by atoms with van der Waals surface area (Å²) in [5, 5.41) is 54.1. The highest BCUT2D eigenvalue weighted by Gasteiger charge is 2.72. The van der Waals surface area contributed by atoms with Crippen LogP contribution in [0.1, 0.15) is 133 Å². The summed E-state index contributed by atoms with van der Waals surface area (Å²) in [6.07, 6.45) is -3.70. The smallest absolute Gasteiger partial charge is 0.333 e. The molecule has 0 aromatic carbocycles. The first-order chi connectivity index (χ1) is 37.0. The molecule has 20 nitrogen and oxygen atoms in total. The summed E-state index contributed by atoms with van der Waals surface area (Å²) in [6, 6.07) is 0. The lowest BCUT2D eigenvalue weighted by atomic mass is 9.44. The van der Waals surface area contributed by atoms with Gasteiger partial charge in [-0.3, -0.25) is 0 Å². The van der Waals surface area contributed by atoms with E-state index in [0.29, 0.717) is 56.1 Å². The summed E-state index contributed by atoms with van der Waals surface area (Å²) in [5.41, 5.74) is 0.00670. The molecule has 0 aromatic heterocycles. The Bertz CT molecular complexity index is 2150. The highest BCUT2D eigenvalue weighted by molar-refractivity contribution is 5.88. The second kappa shape index (κ2) is 25.2. The fourth-order valence-electron chi connectivity index (χ4n) is 14.9. The van der Waals surface area contributed by atoms with E-state index in [4.69, 9.17) is 61.6 Å². The van der Waals surface area contributed by atoms with E-state index in [1.807, 2.05) is 27.7 Å². The largest absolute Gasteiger partial charge is 0.459 e. The molecule has 4 aliphatic carbocycles. The first-order valence-electron chi connectivity index (χ1n) is 28.6. The molecule has 7 fully saturated rings. The Morgan fingerprint density at radius 3 is 1.76 bits per heavy atom. The van der Waals surface area contributed by atoms with Crippen LogP contribution < -0.4 is 0 Å². The SMILES string of the molecule is C/C=C(\C)C(=O)OC(C)[C@H]1CC[C@]2(O)[C@@H]3CC=C4C[C@@H](O[C@H]5C[C@H](OC)[C@@H](O[C@H]6C[C@H](OC)[C@@H](O[C@H]7C[C@@H](OC)[C@H](O[C@@H]8O[C@H](CO)[C@@H](O)[C@H](O)[C@H]8O)[C@@H](C)O7)[C@@H](C)O6)[C@@H](C)O5)CC[C@]4(C)[C@H]3C[C@@H](OC(=O)/C(C)=C/C)[C@]12C. The summed E-state index contributed by atoms with van der Waals surface area (Å²) in [4.78, 5) is 26.7. The zero-order valence-corrected chi connectivity index (χ0v) is 48.1. The average Bonchev–Trinajstić information content (AvgIpc) is 3.14. The molecule has 0 spiro atoms. The fraction of sp³-hybridized carbons (Fsp3) is 0.862. The van der Waals surface area contributed by atoms with Crippen LogP contribution in [-0.2, 0) is 71.2 Å². The van der Waals surface area contributed by atoms with E-state index in [1.54, 1.807) is 54.1 Å². The van der Waals surface area contributed by atoms with Gasteiger partial charge in [0.05, 0.1) is 54.9 Å². The van der Waals surface area contributed by atoms with Crippen LogP contribution in [0.2, 0.25) is 0 Å². The summed E-state index contributed by atoms with van der Waals surface area (Å²) >= 11 is 0. The zero-order valence-electron chi connectivity index (χ0n) is 48.1. The molecule has 0 amide bonds. The normalized spacial score (nSPS) is 47.5. The van der Waals surface area contributed by atoms with Gasteiger partial charge in [-0.1, -0.05) is 37.6 Å². The Hall–Kier alpha value is -2.48. The molecule has 8 rings (SSSR count). The fourth-order valence-corrected chi connectivity index (χ4v) is 14.9. The predicted molar refractivity (Wildman–Crippen MR) is 279 cm³/mol. The maximum Gasteiger partial charge on any atom is 0.333 e. The van der Waals surface area contributed by atoms with Gasteiger partial charge in [0.25, 0.3) is 0 Å². The van der Waals surface area contributed by atoms with Crippen LogP contribution in [-0.4, -0.2) is 194 Å². The van der Waals surface area contributed by atoms with E-state index in [0.717, 1.165) is 12.8 Å². The molecule has 1 unspecified atom stereocenters. The second-order valence-electron chi connectivity index (χ2n) is 24.0. The molecule has 78 heavy (non-hydrogen) atoms. The lowest BCUT2D eigenvalue weighted by Crippen LogP contribution is -2.67. The van der Waals surface area contributed by atoms with E-state index in [2.05, 4.69) is 19.9 Å². The lowest BCUT2D eigenvalue weighted by Gasteiger charge is -2.63. The van der Waals surface area contributed by atoms with Crippen molar-refractivity contribution in [2.45, 2.75) is 262 Å². The Kier molecular flexibility index (Phi) is 19.9. The van der Waals surface area contributed by atoms with Crippen molar-refractivity contribution in [3.05, 3.63) is 34.9 Å². The van der Waals surface area contributed by atoms with Crippen LogP contribution in [0.15, 0.2) is 34.9 Å². The van der Waals surface area contributed by atoms with E-state index >= 15 is 0 Å². The number of aliphatic hydroxyl groups is 5. The third-order valence-corrected chi connectivity index (χ3v) is 19.9. The number of methoxy groups -OCH3 is 3. The van der Waals surface area contributed by atoms with Gasteiger partial charge in [0.15, 0.2) is 25.2 Å². The number of hydrogen-bond donors (Lipinski definition) is 5. The number of carbonyl (C=O) groups excluding carboxylic acids is 2. The molecule has 0 aromatic rings. The van der Waals surface area contributed by atoms with Crippen LogP contribution in [0.3, 0.4) is 0 Å². The molecule has 26 atom stereocenters. The molecule has 5 N–H and O–H groups in total. The zero-order chi connectivity index (χ0) is 56.8. The number of rotatable bonds is 17. The Balaban J connectivity index is 0.871. The van der Waals surface area contributed by atoms with Crippen molar-refractivity contribution in [2.24, 2.45) is 28.6 Å². The molecule has 20 heteroatoms. The minimum absolute atomic E-state index is 0.0316. The Morgan fingerprint density at radius 2 is 1.23 bits per heavy atom. The Morgan fingerprint density at radius 1 is 0.705 bits per heavy atom. The van der Waals surface area contributed by atoms with E-state index in [-0.39, 0.29) is 47.8 Å². The quantitative estimate of drug-likeness (QED) is 0.0741. The maximum absolute atomic E-state index is 13.7. The lowest BCUT2D eigenvalue weighted by molar-refractivity contribution is -0.357. The maximum atomic E-state index is 13.7. The van der Waals surface area contributed by atoms with Crippen molar-refractivity contribution in [3.8, 4) is 0 Å². The molecule has 4 heterocycles. The van der Waals surface area contributed by atoms with Crippen LogP contribution in [0, 0.1) is 28.6 Å². The van der Waals surface area contributed by atoms with E-state index in [9.17, 15) is 35.1 Å². The predicted octanol–water partition coefficient (Wildman–Crippen LogP) is 4.86. The molecular formula is C58H92O20. The Labute approximate surface area is 460 Å². The van der Waals surface area contributed by atoms with Crippen LogP contribution in [0.5, 0.6) is 0 Å². The van der Waals surface area contributed by atoms with Gasteiger partial charge in [-0.05, 0) is 118 Å². The highest BCUT2D eigenvalue weighted by Crippen LogP contribution is 2.69. The van der Waals surface area contributed by atoms with Gasteiger partial charge in [0.2, 0.25) is 0 Å². The van der Waals surface area contributed by atoms with Crippen LogP contribution in [0.4, 0.5) is 0 Å². The third kappa shape index (κ3) is 11.7. The molecule has 3 saturated carbocycles. The topological polar surface area (TPSA) is 255 Å². The summed E-state index contributed by atoms with van der Waals surface area (Å²) in [7, 11) is 4.79. The van der Waals surface area contributed by atoms with Crippen molar-refractivity contribution in [2.75, 3.05) is 27.9 Å². The van der Waals surface area contributed by atoms with Gasteiger partial charge in [-0.25, -0.2) is 9.59 Å². The molecular weight excluding hydrogens is 1020 g/mol. The minimum Gasteiger partial charge on any atom is -0.459 e. The number of esters is 2. The molecule has 4 saturated heterocycles. The van der Waals surface area contributed by atoms with Gasteiger partial charge in [0.1, 0.15) is 54.9 Å². The van der Waals surface area contributed by atoms with Crippen molar-refractivity contribution < 1.29 is 96.7 Å². The average molecular weight is 1110 g/mol. The van der Waals surface area contributed by atoms with Crippen molar-refractivity contribution in [1.82, 2.24) is 0 Å². The highest BCUT2D eigenvalue weighted by atomic mass is 16.8. The molecule has 8 aliphatic rings. The first kappa shape index (κ1) is 61.6. The number of aliphatic hydroxyl groups excluding tert-OH is 4. The van der Waals surface area contributed by atoms with Gasteiger partial charge in [-0.15, -0.1) is 0 Å². The number of ether oxygens (including phenoxy) is 13. The van der Waals surface area contributed by atoms with Crippen molar-refractivity contribution in [1.29, 1.82) is 0 Å². The molecule has 444 valence electrons. The van der Waals surface area contributed by atoms with Gasteiger partial charge < -0.3 is 87.1 Å². The molecule has 4 aliphatic heterocycles. The summed E-state index contributed by atoms with van der Waals surface area (Å²) in [5.74, 6) is -1.06. The van der Waals surface area contributed by atoms with E-state index in [1.165, 1.54) is 12.7 Å². The number of hydrogen-bond acceptors (Lipinski definition) is 20. The monoisotopic (exact) mass is 1110 g/mol. The summed E-state index contributed by atoms with van der Waals surface area (Å²) < 4.78 is 81.5. The van der Waals surface area contributed by atoms with Crippen molar-refractivity contribution in [3.63, 3.8) is 0 Å². The summed E-state index contributed by atoms with van der Waals surface area (Å²) in [6.45, 7) is 18.4. The van der Waals surface area contributed by atoms with Gasteiger partial charge in [-0.2, -0.15) is 0 Å². The molecule has 0 bridgehead atoms. The van der Waals surface area contributed by atoms with Gasteiger partial charge >= 0.3 is 11.9 Å². The number of fused-ring (bicyclic) bond motifs is 5. The van der Waals surface area contributed by atoms with E-state index < -0.39 is 134 Å². The first-order valence-corrected chi connectivity index (χ1v) is 28.6. The number of carbonyl (C=O) groups is 2. The molecule has 0 radical (unpaired) electrons. The number of allylic oxidation sites excluding steroid dienone is 3. The van der Waals surface area contributed by atoms with Gasteiger partial charge in [0, 0.05) is 63.1 Å².